The van der Waals surface area contributed by atoms with E-state index >= 15 is 0 Å². The van der Waals surface area contributed by atoms with Gasteiger partial charge in [-0.1, -0.05) is 115 Å². The van der Waals surface area contributed by atoms with E-state index in [0.29, 0.717) is 0 Å². The third-order valence-electron chi connectivity index (χ3n) is 10.5. The molecule has 15 heteroatoms. The van der Waals surface area contributed by atoms with Crippen molar-refractivity contribution in [3.05, 3.63) is 150 Å². The molecule has 328 valence electrons. The highest BCUT2D eigenvalue weighted by Gasteiger charge is 2.58. The normalized spacial score (nSPS) is 27.9. The Morgan fingerprint density at radius 2 is 1.30 bits per heavy atom. The van der Waals surface area contributed by atoms with Crippen molar-refractivity contribution in [2.24, 2.45) is 0 Å². The summed E-state index contributed by atoms with van der Waals surface area (Å²) in [5.41, 5.74) is 1.47. The number of esters is 1. The van der Waals surface area contributed by atoms with Crippen LogP contribution in [0, 0.1) is 6.92 Å². The molecule has 2 saturated heterocycles. The molecule has 0 amide bonds. The first-order chi connectivity index (χ1) is 29.5. The maximum Gasteiger partial charge on any atom is 0.303 e. The predicted molar refractivity (Wildman–Crippen MR) is 221 cm³/mol. The number of ether oxygens (including phenoxy) is 9. The summed E-state index contributed by atoms with van der Waals surface area (Å²) in [4.78, 5) is 12.5. The van der Waals surface area contributed by atoms with E-state index in [2.05, 4.69) is 6.58 Å². The minimum absolute atomic E-state index is 0.0269. The fraction of sp³-hybridized carbons (Fsp3) is 0.413. The number of rotatable bonds is 20. The molecule has 4 aromatic rings. The molecule has 0 saturated carbocycles. The number of aliphatic hydroxyl groups excluding tert-OH is 1. The molecule has 10 atom stereocenters. The van der Waals surface area contributed by atoms with Crippen LogP contribution in [0.15, 0.2) is 133 Å². The van der Waals surface area contributed by atoms with Gasteiger partial charge in [0.15, 0.2) is 18.7 Å². The summed E-state index contributed by atoms with van der Waals surface area (Å²) >= 11 is 0. The van der Waals surface area contributed by atoms with Crippen molar-refractivity contribution in [3.63, 3.8) is 0 Å². The lowest BCUT2D eigenvalue weighted by Crippen LogP contribution is -2.69. The third kappa shape index (κ3) is 11.8. The predicted octanol–water partition coefficient (Wildman–Crippen LogP) is 5.43. The first-order valence-corrected chi connectivity index (χ1v) is 21.3. The van der Waals surface area contributed by atoms with Crippen LogP contribution < -0.4 is 0 Å². The number of carbonyl (C=O) groups is 1. The van der Waals surface area contributed by atoms with Gasteiger partial charge in [-0.05, 0) is 35.7 Å². The highest BCUT2D eigenvalue weighted by atomic mass is 32.2. The topological polar surface area (TPSA) is 164 Å². The molecule has 4 aromatic carbocycles. The molecule has 2 fully saturated rings. The summed E-state index contributed by atoms with van der Waals surface area (Å²) in [7, 11) is -1.55. The minimum atomic E-state index is -4.39. The standard InChI is InChI=1S/C46H54O14S/c1-6-46(30-56-61(49,50)36-24-22-31(2)23-25-36)43(48)40(57-32(3)47)41(51-4)45(60-46)59-38-37(29-53-26-33-16-10-7-11-17-33)58-44(52-5)42(55-28-35-20-14-9-15-21-35)39(38)54-27-34-18-12-8-13-19-34/h6-25,37-45,48H,1,26-30H2,2-5H3/t37-,38-,39+,40-,41-,42-,43+,44+,45-,46-/m1/s1. The number of hydrogen-bond acceptors (Lipinski definition) is 14. The Morgan fingerprint density at radius 1 is 0.738 bits per heavy atom. The van der Waals surface area contributed by atoms with E-state index in [4.69, 9.17) is 46.8 Å². The molecule has 0 spiro atoms. The summed E-state index contributed by atoms with van der Waals surface area (Å²) in [6.45, 7) is 6.59. The Bertz CT molecular complexity index is 2070. The zero-order chi connectivity index (χ0) is 43.4. The number of benzene rings is 4. The van der Waals surface area contributed by atoms with Gasteiger partial charge in [0, 0.05) is 21.1 Å². The van der Waals surface area contributed by atoms with Gasteiger partial charge < -0.3 is 47.7 Å². The lowest BCUT2D eigenvalue weighted by molar-refractivity contribution is -0.377. The minimum Gasteiger partial charge on any atom is -0.457 e. The molecule has 61 heavy (non-hydrogen) atoms. The van der Waals surface area contributed by atoms with Gasteiger partial charge in [0.25, 0.3) is 10.1 Å². The summed E-state index contributed by atoms with van der Waals surface area (Å²) in [6.07, 6.45) is -9.66. The van der Waals surface area contributed by atoms with Gasteiger partial charge in [-0.25, -0.2) is 0 Å². The van der Waals surface area contributed by atoms with E-state index in [9.17, 15) is 18.3 Å². The first-order valence-electron chi connectivity index (χ1n) is 19.9. The van der Waals surface area contributed by atoms with Crippen molar-refractivity contribution in [2.45, 2.75) is 99.5 Å². The Balaban J connectivity index is 1.38. The quantitative estimate of drug-likeness (QED) is 0.0680. The third-order valence-corrected chi connectivity index (χ3v) is 11.8. The highest BCUT2D eigenvalue weighted by Crippen LogP contribution is 2.39. The van der Waals surface area contributed by atoms with Gasteiger partial charge in [0.2, 0.25) is 0 Å². The van der Waals surface area contributed by atoms with E-state index in [0.717, 1.165) is 22.3 Å². The van der Waals surface area contributed by atoms with Crippen molar-refractivity contribution >= 4 is 16.1 Å². The Hall–Kier alpha value is -4.36. The monoisotopic (exact) mass is 862 g/mol. The lowest BCUT2D eigenvalue weighted by atomic mass is 9.86. The van der Waals surface area contributed by atoms with Crippen molar-refractivity contribution in [1.29, 1.82) is 0 Å². The van der Waals surface area contributed by atoms with Crippen LogP contribution >= 0.6 is 0 Å². The molecule has 2 aliphatic rings. The molecule has 0 bridgehead atoms. The average molecular weight is 863 g/mol. The van der Waals surface area contributed by atoms with Crippen LogP contribution in [0.25, 0.3) is 0 Å². The molecule has 0 unspecified atom stereocenters. The maximum absolute atomic E-state index is 13.5. The van der Waals surface area contributed by atoms with Crippen molar-refractivity contribution < 1.29 is 65.1 Å². The average Bonchev–Trinajstić information content (AvgIpc) is 3.27. The van der Waals surface area contributed by atoms with Crippen LogP contribution in [0.3, 0.4) is 0 Å². The van der Waals surface area contributed by atoms with E-state index in [-0.39, 0.29) is 31.3 Å². The van der Waals surface area contributed by atoms with Gasteiger partial charge in [-0.3, -0.25) is 8.98 Å². The van der Waals surface area contributed by atoms with Crippen LogP contribution in [0.5, 0.6) is 0 Å². The molecule has 2 aliphatic heterocycles. The Morgan fingerprint density at radius 3 is 1.82 bits per heavy atom. The largest absolute Gasteiger partial charge is 0.457 e. The second-order valence-electron chi connectivity index (χ2n) is 14.8. The molecule has 1 N–H and O–H groups in total. The first kappa shape index (κ1) is 46.2. The zero-order valence-corrected chi connectivity index (χ0v) is 35.5. The van der Waals surface area contributed by atoms with Gasteiger partial charge >= 0.3 is 5.97 Å². The van der Waals surface area contributed by atoms with Gasteiger partial charge in [-0.2, -0.15) is 8.42 Å². The lowest BCUT2D eigenvalue weighted by Gasteiger charge is -2.51. The van der Waals surface area contributed by atoms with Crippen LogP contribution in [-0.2, 0) is 81.5 Å². The highest BCUT2D eigenvalue weighted by molar-refractivity contribution is 7.86. The number of methoxy groups -OCH3 is 2. The molecular formula is C46H54O14S. The van der Waals surface area contributed by atoms with Crippen molar-refractivity contribution in [1.82, 2.24) is 0 Å². The number of aryl methyl sites for hydroxylation is 1. The number of carbonyl (C=O) groups excluding carboxylic acids is 1. The molecule has 0 aliphatic carbocycles. The second-order valence-corrected chi connectivity index (χ2v) is 16.4. The summed E-state index contributed by atoms with van der Waals surface area (Å²) in [5, 5.41) is 11.9. The number of aliphatic hydroxyl groups is 1. The van der Waals surface area contributed by atoms with E-state index in [1.807, 2.05) is 97.9 Å². The second kappa shape index (κ2) is 21.6. The Kier molecular flexibility index (Phi) is 16.4. The SMILES string of the molecule is C=C[C@]1(COS(=O)(=O)c2ccc(C)cc2)O[C@@H](O[C@H]2[C@H](OCc3ccccc3)[C@@H](OCc3ccccc3)[C@@H](OC)O[C@@H]2COCc2ccccc2)[C@H](OC)[C@@H](OC(C)=O)[C@@H]1O. The molecule has 14 nitrogen and oxygen atoms in total. The van der Waals surface area contributed by atoms with E-state index in [1.165, 1.54) is 39.4 Å². The van der Waals surface area contributed by atoms with Crippen LogP contribution in [0.4, 0.5) is 0 Å². The van der Waals surface area contributed by atoms with Crippen LogP contribution in [0.2, 0.25) is 0 Å². The summed E-state index contributed by atoms with van der Waals surface area (Å²) in [5.74, 6) is -0.757. The smallest absolute Gasteiger partial charge is 0.303 e. The van der Waals surface area contributed by atoms with Crippen LogP contribution in [-0.4, -0.2) is 108 Å². The van der Waals surface area contributed by atoms with E-state index in [1.54, 1.807) is 12.1 Å². The molecule has 2 heterocycles. The van der Waals surface area contributed by atoms with Crippen LogP contribution in [0.1, 0.15) is 29.2 Å². The fourth-order valence-corrected chi connectivity index (χ4v) is 8.16. The fourth-order valence-electron chi connectivity index (χ4n) is 7.22. The summed E-state index contributed by atoms with van der Waals surface area (Å²) < 4.78 is 89.5. The van der Waals surface area contributed by atoms with Gasteiger partial charge in [-0.15, -0.1) is 6.58 Å². The molecule has 6 rings (SSSR count). The van der Waals surface area contributed by atoms with Crippen molar-refractivity contribution in [3.8, 4) is 0 Å². The summed E-state index contributed by atoms with van der Waals surface area (Å²) in [6, 6.07) is 34.7. The van der Waals surface area contributed by atoms with Gasteiger partial charge in [0.05, 0.1) is 31.3 Å². The zero-order valence-electron chi connectivity index (χ0n) is 34.6. The van der Waals surface area contributed by atoms with E-state index < -0.39 is 83.6 Å². The maximum atomic E-state index is 13.5. The molecular weight excluding hydrogens is 809 g/mol. The van der Waals surface area contributed by atoms with Gasteiger partial charge in [0.1, 0.15) is 48.8 Å². The number of hydrogen-bond donors (Lipinski definition) is 1. The van der Waals surface area contributed by atoms with Crippen molar-refractivity contribution in [2.75, 3.05) is 27.4 Å². The molecule has 0 radical (unpaired) electrons. The Labute approximate surface area is 357 Å². The molecule has 0 aromatic heterocycles.